The van der Waals surface area contributed by atoms with Gasteiger partial charge in [0.15, 0.2) is 5.11 Å². The molecule has 1 heterocycles. The molecule has 4 nitrogen and oxygen atoms in total. The van der Waals surface area contributed by atoms with Crippen LogP contribution in [0.1, 0.15) is 57.2 Å². The molecule has 5 heteroatoms. The fraction of sp³-hybridized carbons (Fsp3) is 0.409. The lowest BCUT2D eigenvalue weighted by Crippen LogP contribution is -2.42. The third kappa shape index (κ3) is 4.72. The first-order valence-corrected chi connectivity index (χ1v) is 9.72. The minimum Gasteiger partial charge on any atom is -0.497 e. The van der Waals surface area contributed by atoms with Crippen molar-refractivity contribution < 1.29 is 9.47 Å². The van der Waals surface area contributed by atoms with Gasteiger partial charge in [0.25, 0.3) is 0 Å². The zero-order chi connectivity index (χ0) is 19.6. The van der Waals surface area contributed by atoms with Gasteiger partial charge < -0.3 is 20.1 Å². The molecule has 2 aromatic carbocycles. The Labute approximate surface area is 167 Å². The number of hydrogen-bond donors (Lipinski definition) is 2. The first-order chi connectivity index (χ1) is 12.8. The summed E-state index contributed by atoms with van der Waals surface area (Å²) in [4.78, 5) is 0. The number of benzene rings is 2. The largest absolute Gasteiger partial charge is 0.497 e. The van der Waals surface area contributed by atoms with Crippen LogP contribution in [0.5, 0.6) is 11.5 Å². The Morgan fingerprint density at radius 1 is 1.19 bits per heavy atom. The zero-order valence-electron chi connectivity index (χ0n) is 16.6. The van der Waals surface area contributed by atoms with Crippen LogP contribution < -0.4 is 20.1 Å². The summed E-state index contributed by atoms with van der Waals surface area (Å²) in [6.07, 6.45) is 0.807. The van der Waals surface area contributed by atoms with Gasteiger partial charge >= 0.3 is 0 Å². The molecule has 1 aliphatic rings. The molecular weight excluding hydrogens is 356 g/mol. The second-order valence-electron chi connectivity index (χ2n) is 7.90. The van der Waals surface area contributed by atoms with Gasteiger partial charge in [-0.15, -0.1) is 0 Å². The maximum atomic E-state index is 6.13. The lowest BCUT2D eigenvalue weighted by molar-refractivity contribution is 0.0695. The molecule has 2 aromatic rings. The molecular formula is C22H28N2O2S. The summed E-state index contributed by atoms with van der Waals surface area (Å²) >= 11 is 5.57. The Kier molecular flexibility index (Phi) is 5.61. The van der Waals surface area contributed by atoms with Crippen molar-refractivity contribution in [1.82, 2.24) is 5.32 Å². The minimum absolute atomic E-state index is 0.0498. The molecule has 0 radical (unpaired) electrons. The smallest absolute Gasteiger partial charge is 0.171 e. The van der Waals surface area contributed by atoms with Crippen molar-refractivity contribution in [3.63, 3.8) is 0 Å². The number of thiocarbonyl (C=S) groups is 1. The highest BCUT2D eigenvalue weighted by atomic mass is 32.1. The number of fused-ring (bicyclic) bond motifs is 1. The molecule has 0 bridgehead atoms. The summed E-state index contributed by atoms with van der Waals surface area (Å²) in [7, 11) is 1.67. The predicted octanol–water partition coefficient (Wildman–Crippen LogP) is 5.41. The standard InChI is InChI=1S/C22H28N2O2S/c1-14(2)15-6-8-16(9-7-15)23-21(27)24-19-13-22(3,4)26-20-11-10-17(25-5)12-18(19)20/h6-12,14,19H,13H2,1-5H3,(H2,23,24,27)/t19-/m1/s1. The fourth-order valence-corrected chi connectivity index (χ4v) is 3.63. The average Bonchev–Trinajstić information content (AvgIpc) is 2.61. The quantitative estimate of drug-likeness (QED) is 0.690. The van der Waals surface area contributed by atoms with E-state index in [0.717, 1.165) is 29.2 Å². The Morgan fingerprint density at radius 2 is 1.89 bits per heavy atom. The van der Waals surface area contributed by atoms with Crippen molar-refractivity contribution in [2.45, 2.75) is 51.7 Å². The SMILES string of the molecule is COc1ccc2c(c1)[C@H](NC(=S)Nc1ccc(C(C)C)cc1)CC(C)(C)O2. The molecule has 0 aromatic heterocycles. The van der Waals surface area contributed by atoms with Crippen LogP contribution in [0.3, 0.4) is 0 Å². The van der Waals surface area contributed by atoms with Crippen LogP contribution in [-0.2, 0) is 0 Å². The van der Waals surface area contributed by atoms with Crippen molar-refractivity contribution in [1.29, 1.82) is 0 Å². The van der Waals surface area contributed by atoms with E-state index in [4.69, 9.17) is 21.7 Å². The number of ether oxygens (including phenoxy) is 2. The first-order valence-electron chi connectivity index (χ1n) is 9.32. The summed E-state index contributed by atoms with van der Waals surface area (Å²) in [5.74, 6) is 2.20. The van der Waals surface area contributed by atoms with Gasteiger partial charge in [-0.25, -0.2) is 0 Å². The van der Waals surface area contributed by atoms with E-state index in [-0.39, 0.29) is 11.6 Å². The molecule has 0 fully saturated rings. The zero-order valence-corrected chi connectivity index (χ0v) is 17.4. The van der Waals surface area contributed by atoms with Crippen molar-refractivity contribution >= 4 is 23.0 Å². The maximum Gasteiger partial charge on any atom is 0.171 e. The van der Waals surface area contributed by atoms with E-state index in [2.05, 4.69) is 62.6 Å². The van der Waals surface area contributed by atoms with Gasteiger partial charge in [0.05, 0.1) is 13.2 Å². The van der Waals surface area contributed by atoms with E-state index in [9.17, 15) is 0 Å². The molecule has 3 rings (SSSR count). The van der Waals surface area contributed by atoms with E-state index in [1.165, 1.54) is 5.56 Å². The van der Waals surface area contributed by atoms with E-state index in [1.54, 1.807) is 7.11 Å². The molecule has 0 aliphatic carbocycles. The van der Waals surface area contributed by atoms with Gasteiger partial charge in [-0.1, -0.05) is 26.0 Å². The molecule has 1 atom stereocenters. The molecule has 0 amide bonds. The van der Waals surface area contributed by atoms with Crippen molar-refractivity contribution in [3.8, 4) is 11.5 Å². The molecule has 2 N–H and O–H groups in total. The predicted molar refractivity (Wildman–Crippen MR) is 115 cm³/mol. The van der Waals surface area contributed by atoms with Crippen molar-refractivity contribution in [2.75, 3.05) is 12.4 Å². The Balaban J connectivity index is 1.75. The van der Waals surface area contributed by atoms with Gasteiger partial charge in [0.2, 0.25) is 0 Å². The molecule has 0 saturated carbocycles. The van der Waals surface area contributed by atoms with Crippen molar-refractivity contribution in [3.05, 3.63) is 53.6 Å². The van der Waals surface area contributed by atoms with E-state index >= 15 is 0 Å². The first kappa shape index (κ1) is 19.5. The normalized spacial score (nSPS) is 17.6. The second kappa shape index (κ2) is 7.77. The maximum absolute atomic E-state index is 6.13. The van der Waals surface area contributed by atoms with Crippen LogP contribution in [0, 0.1) is 0 Å². The lowest BCUT2D eigenvalue weighted by Gasteiger charge is -2.38. The van der Waals surface area contributed by atoms with Gasteiger partial charge in [0.1, 0.15) is 17.1 Å². The highest BCUT2D eigenvalue weighted by molar-refractivity contribution is 7.80. The van der Waals surface area contributed by atoms with Crippen LogP contribution in [0.25, 0.3) is 0 Å². The summed E-state index contributed by atoms with van der Waals surface area (Å²) in [5.41, 5.74) is 3.09. The van der Waals surface area contributed by atoms with E-state index in [1.807, 2.05) is 18.2 Å². The van der Waals surface area contributed by atoms with Crippen LogP contribution in [0.2, 0.25) is 0 Å². The monoisotopic (exact) mass is 384 g/mol. The van der Waals surface area contributed by atoms with Gasteiger partial charge in [-0.3, -0.25) is 0 Å². The highest BCUT2D eigenvalue weighted by Crippen LogP contribution is 2.41. The van der Waals surface area contributed by atoms with Crippen LogP contribution in [0.4, 0.5) is 5.69 Å². The average molecular weight is 385 g/mol. The van der Waals surface area contributed by atoms with Crippen LogP contribution in [-0.4, -0.2) is 17.8 Å². The summed E-state index contributed by atoms with van der Waals surface area (Å²) in [6, 6.07) is 14.3. The lowest BCUT2D eigenvalue weighted by atomic mass is 9.89. The molecule has 0 spiro atoms. The number of rotatable bonds is 4. The molecule has 27 heavy (non-hydrogen) atoms. The second-order valence-corrected chi connectivity index (χ2v) is 8.31. The van der Waals surface area contributed by atoms with Gasteiger partial charge in [-0.05, 0) is 67.9 Å². The molecule has 0 unspecified atom stereocenters. The van der Waals surface area contributed by atoms with Gasteiger partial charge in [0, 0.05) is 17.7 Å². The molecule has 1 aliphatic heterocycles. The summed E-state index contributed by atoms with van der Waals surface area (Å²) in [6.45, 7) is 8.56. The fourth-order valence-electron chi connectivity index (χ4n) is 3.37. The molecule has 144 valence electrons. The van der Waals surface area contributed by atoms with Crippen LogP contribution >= 0.6 is 12.2 Å². The summed E-state index contributed by atoms with van der Waals surface area (Å²) in [5, 5.41) is 7.34. The summed E-state index contributed by atoms with van der Waals surface area (Å²) < 4.78 is 11.5. The Bertz CT molecular complexity index is 816. The third-order valence-electron chi connectivity index (χ3n) is 4.81. The Hall–Kier alpha value is -2.27. The number of nitrogens with one attached hydrogen (secondary N) is 2. The molecule has 0 saturated heterocycles. The highest BCUT2D eigenvalue weighted by Gasteiger charge is 2.34. The number of methoxy groups -OCH3 is 1. The van der Waals surface area contributed by atoms with Crippen molar-refractivity contribution in [2.24, 2.45) is 0 Å². The number of anilines is 1. The van der Waals surface area contributed by atoms with Crippen LogP contribution in [0.15, 0.2) is 42.5 Å². The van der Waals surface area contributed by atoms with E-state index < -0.39 is 0 Å². The van der Waals surface area contributed by atoms with Gasteiger partial charge in [-0.2, -0.15) is 0 Å². The topological polar surface area (TPSA) is 42.5 Å². The third-order valence-corrected chi connectivity index (χ3v) is 5.03. The minimum atomic E-state index is -0.270. The number of hydrogen-bond acceptors (Lipinski definition) is 3. The van der Waals surface area contributed by atoms with E-state index in [0.29, 0.717) is 11.0 Å². The Morgan fingerprint density at radius 3 is 2.52 bits per heavy atom.